The van der Waals surface area contributed by atoms with Crippen LogP contribution in [0, 0.1) is 11.8 Å². The summed E-state index contributed by atoms with van der Waals surface area (Å²) in [6, 6.07) is 18.7. The van der Waals surface area contributed by atoms with E-state index in [9.17, 15) is 5.11 Å². The monoisotopic (exact) mass is 349 g/mol. The van der Waals surface area contributed by atoms with Crippen molar-refractivity contribution < 1.29 is 9.84 Å². The highest BCUT2D eigenvalue weighted by atomic mass is 35.5. The fourth-order valence-electron chi connectivity index (χ4n) is 2.23. The van der Waals surface area contributed by atoms with Gasteiger partial charge in [0.2, 0.25) is 0 Å². The summed E-state index contributed by atoms with van der Waals surface area (Å²) in [6.45, 7) is 1.56. The molecule has 0 radical (unpaired) electrons. The van der Waals surface area contributed by atoms with Crippen LogP contribution >= 0.6 is 11.6 Å². The number of aliphatic hydroxyl groups is 1. The highest BCUT2D eigenvalue weighted by Gasteiger charge is 1.99. The largest absolute Gasteiger partial charge is 0.465 e. The summed E-state index contributed by atoms with van der Waals surface area (Å²) < 4.78 is 5.18. The third-order valence-corrected chi connectivity index (χ3v) is 3.69. The lowest BCUT2D eigenvalue weighted by atomic mass is 10.1. The Labute approximate surface area is 151 Å². The standard InChI is InChI=1S/C21H16ClNO2/c1-15(24)25-21-12-3-16(4-13-21)2-10-20-11-7-18(14-23-20)17-5-8-19(22)9-6-17/h3-9,11-15,24H,1H3. The van der Waals surface area contributed by atoms with E-state index in [1.54, 1.807) is 25.3 Å². The summed E-state index contributed by atoms with van der Waals surface area (Å²) in [5.41, 5.74) is 3.62. The molecule has 2 aromatic carbocycles. The maximum Gasteiger partial charge on any atom is 0.194 e. The second-order valence-corrected chi connectivity index (χ2v) is 5.87. The molecule has 124 valence electrons. The molecule has 25 heavy (non-hydrogen) atoms. The zero-order chi connectivity index (χ0) is 17.6. The fourth-order valence-corrected chi connectivity index (χ4v) is 2.36. The van der Waals surface area contributed by atoms with Gasteiger partial charge in [-0.3, -0.25) is 0 Å². The van der Waals surface area contributed by atoms with E-state index in [4.69, 9.17) is 16.3 Å². The van der Waals surface area contributed by atoms with Crippen LogP contribution in [0.1, 0.15) is 18.2 Å². The molecule has 1 aromatic heterocycles. The van der Waals surface area contributed by atoms with Gasteiger partial charge in [0.05, 0.1) is 0 Å². The number of pyridine rings is 1. The minimum absolute atomic E-state index is 0.603. The van der Waals surface area contributed by atoms with Gasteiger partial charge < -0.3 is 9.84 Å². The number of halogens is 1. The van der Waals surface area contributed by atoms with Gasteiger partial charge in [-0.2, -0.15) is 0 Å². The number of benzene rings is 2. The Balaban J connectivity index is 1.71. The van der Waals surface area contributed by atoms with E-state index in [-0.39, 0.29) is 0 Å². The zero-order valence-electron chi connectivity index (χ0n) is 13.6. The van der Waals surface area contributed by atoms with Gasteiger partial charge in [-0.25, -0.2) is 4.98 Å². The predicted molar refractivity (Wildman–Crippen MR) is 99.4 cm³/mol. The first-order valence-electron chi connectivity index (χ1n) is 7.79. The Morgan fingerprint density at radius 2 is 1.60 bits per heavy atom. The molecular weight excluding hydrogens is 334 g/mol. The fraction of sp³-hybridized carbons (Fsp3) is 0.0952. The third kappa shape index (κ3) is 4.84. The first-order chi connectivity index (χ1) is 12.1. The minimum Gasteiger partial charge on any atom is -0.465 e. The molecule has 0 amide bonds. The number of ether oxygens (including phenoxy) is 1. The van der Waals surface area contributed by atoms with Crippen molar-refractivity contribution in [2.24, 2.45) is 0 Å². The molecule has 0 fully saturated rings. The number of hydrogen-bond donors (Lipinski definition) is 1. The normalized spacial score (nSPS) is 11.3. The van der Waals surface area contributed by atoms with Gasteiger partial charge in [-0.15, -0.1) is 0 Å². The van der Waals surface area contributed by atoms with Gasteiger partial charge in [-0.1, -0.05) is 35.7 Å². The number of aromatic nitrogens is 1. The van der Waals surface area contributed by atoms with Crippen molar-refractivity contribution in [3.8, 4) is 28.7 Å². The van der Waals surface area contributed by atoms with Crippen molar-refractivity contribution in [2.75, 3.05) is 0 Å². The van der Waals surface area contributed by atoms with Crippen molar-refractivity contribution in [1.82, 2.24) is 4.98 Å². The number of aliphatic hydroxyl groups excluding tert-OH is 1. The Morgan fingerprint density at radius 3 is 2.20 bits per heavy atom. The van der Waals surface area contributed by atoms with Gasteiger partial charge in [0.25, 0.3) is 0 Å². The smallest absolute Gasteiger partial charge is 0.194 e. The zero-order valence-corrected chi connectivity index (χ0v) is 14.4. The van der Waals surface area contributed by atoms with E-state index >= 15 is 0 Å². The average molecular weight is 350 g/mol. The van der Waals surface area contributed by atoms with Crippen LogP contribution in [-0.4, -0.2) is 16.4 Å². The van der Waals surface area contributed by atoms with E-state index in [1.807, 2.05) is 48.5 Å². The Morgan fingerprint density at radius 1 is 0.920 bits per heavy atom. The molecule has 3 rings (SSSR count). The molecule has 1 N–H and O–H groups in total. The number of nitrogens with zero attached hydrogens (tertiary/aromatic N) is 1. The summed E-state index contributed by atoms with van der Waals surface area (Å²) in [6.07, 6.45) is 0.965. The second kappa shape index (κ2) is 7.85. The molecule has 3 aromatic rings. The molecular formula is C21H16ClNO2. The molecule has 0 aliphatic heterocycles. The van der Waals surface area contributed by atoms with E-state index in [1.165, 1.54) is 0 Å². The molecule has 0 spiro atoms. The van der Waals surface area contributed by atoms with E-state index in [0.717, 1.165) is 16.7 Å². The number of rotatable bonds is 3. The van der Waals surface area contributed by atoms with Crippen molar-refractivity contribution in [3.63, 3.8) is 0 Å². The maximum absolute atomic E-state index is 9.18. The molecule has 0 aliphatic rings. The average Bonchev–Trinajstić information content (AvgIpc) is 2.62. The van der Waals surface area contributed by atoms with Crippen molar-refractivity contribution in [1.29, 1.82) is 0 Å². The summed E-state index contributed by atoms with van der Waals surface area (Å²) in [5, 5.41) is 9.89. The van der Waals surface area contributed by atoms with Crippen LogP contribution in [0.3, 0.4) is 0 Å². The Hall–Kier alpha value is -2.80. The highest BCUT2D eigenvalue weighted by Crippen LogP contribution is 2.20. The van der Waals surface area contributed by atoms with E-state index in [0.29, 0.717) is 16.5 Å². The van der Waals surface area contributed by atoms with Crippen LogP contribution in [0.25, 0.3) is 11.1 Å². The predicted octanol–water partition coefficient (Wildman–Crippen LogP) is 4.52. The molecule has 0 saturated carbocycles. The Kier molecular flexibility index (Phi) is 5.35. The quantitative estimate of drug-likeness (QED) is 0.558. The summed E-state index contributed by atoms with van der Waals surface area (Å²) in [4.78, 5) is 4.39. The van der Waals surface area contributed by atoms with Crippen LogP contribution in [0.4, 0.5) is 0 Å². The van der Waals surface area contributed by atoms with Gasteiger partial charge in [0.15, 0.2) is 6.29 Å². The lowest BCUT2D eigenvalue weighted by Gasteiger charge is -2.07. The molecule has 0 bridgehead atoms. The van der Waals surface area contributed by atoms with Gasteiger partial charge in [0.1, 0.15) is 11.4 Å². The molecule has 0 saturated heterocycles. The van der Waals surface area contributed by atoms with Crippen molar-refractivity contribution >= 4 is 11.6 Å². The van der Waals surface area contributed by atoms with Crippen LogP contribution < -0.4 is 4.74 Å². The van der Waals surface area contributed by atoms with Gasteiger partial charge >= 0.3 is 0 Å². The highest BCUT2D eigenvalue weighted by molar-refractivity contribution is 6.30. The van der Waals surface area contributed by atoms with Crippen LogP contribution in [0.15, 0.2) is 66.9 Å². The summed E-state index contributed by atoms with van der Waals surface area (Å²) in [7, 11) is 0. The molecule has 1 atom stereocenters. The maximum atomic E-state index is 9.18. The van der Waals surface area contributed by atoms with Crippen LogP contribution in [0.2, 0.25) is 5.02 Å². The van der Waals surface area contributed by atoms with Crippen LogP contribution in [-0.2, 0) is 0 Å². The minimum atomic E-state index is -0.833. The topological polar surface area (TPSA) is 42.4 Å². The molecule has 4 heteroatoms. The SMILES string of the molecule is CC(O)Oc1ccc(C#Cc2ccc(-c3ccc(Cl)cc3)cn2)cc1. The van der Waals surface area contributed by atoms with Gasteiger partial charge in [-0.05, 0) is 60.9 Å². The lowest BCUT2D eigenvalue weighted by molar-refractivity contribution is -0.000293. The summed E-state index contributed by atoms with van der Waals surface area (Å²) >= 11 is 5.90. The third-order valence-electron chi connectivity index (χ3n) is 3.44. The molecule has 0 aliphatic carbocycles. The number of hydrogen-bond acceptors (Lipinski definition) is 3. The van der Waals surface area contributed by atoms with E-state index in [2.05, 4.69) is 16.8 Å². The van der Waals surface area contributed by atoms with E-state index < -0.39 is 6.29 Å². The van der Waals surface area contributed by atoms with Crippen molar-refractivity contribution in [3.05, 3.63) is 83.1 Å². The first-order valence-corrected chi connectivity index (χ1v) is 8.17. The summed E-state index contributed by atoms with van der Waals surface area (Å²) in [5.74, 6) is 6.70. The lowest BCUT2D eigenvalue weighted by Crippen LogP contribution is -2.09. The molecule has 3 nitrogen and oxygen atoms in total. The second-order valence-electron chi connectivity index (χ2n) is 5.43. The molecule has 1 heterocycles. The Bertz CT molecular complexity index is 890. The molecule has 1 unspecified atom stereocenters. The first kappa shape index (κ1) is 17.0. The van der Waals surface area contributed by atoms with Crippen molar-refractivity contribution in [2.45, 2.75) is 13.2 Å². The van der Waals surface area contributed by atoms with Gasteiger partial charge in [0, 0.05) is 22.3 Å². The van der Waals surface area contributed by atoms with Crippen LogP contribution in [0.5, 0.6) is 5.75 Å².